The number of rotatable bonds is 3. The second-order valence-corrected chi connectivity index (χ2v) is 2.71. The molecule has 1 rings (SSSR count). The Bertz CT molecular complexity index is 97.6. The van der Waals surface area contributed by atoms with E-state index in [0.717, 1.165) is 19.4 Å². The standard InChI is InChI=1S/C7H15NO2/c1-6-5-8-7(10-6)3-2-4-9/h6-9H,2-5H2,1H3. The maximum atomic E-state index is 8.51. The van der Waals surface area contributed by atoms with Gasteiger partial charge in [-0.15, -0.1) is 0 Å². The van der Waals surface area contributed by atoms with Crippen LogP contribution in [0.1, 0.15) is 19.8 Å². The molecule has 0 spiro atoms. The molecule has 60 valence electrons. The smallest absolute Gasteiger partial charge is 0.108 e. The second-order valence-electron chi connectivity index (χ2n) is 2.71. The summed E-state index contributed by atoms with van der Waals surface area (Å²) in [5, 5.41) is 11.7. The van der Waals surface area contributed by atoms with Gasteiger partial charge in [-0.1, -0.05) is 0 Å². The van der Waals surface area contributed by atoms with E-state index in [0.29, 0.717) is 6.10 Å². The largest absolute Gasteiger partial charge is 0.396 e. The van der Waals surface area contributed by atoms with E-state index in [1.54, 1.807) is 0 Å². The van der Waals surface area contributed by atoms with Crippen molar-refractivity contribution in [3.8, 4) is 0 Å². The first kappa shape index (κ1) is 7.98. The summed E-state index contributed by atoms with van der Waals surface area (Å²) in [5.74, 6) is 0. The number of ether oxygens (including phenoxy) is 1. The summed E-state index contributed by atoms with van der Waals surface area (Å²) in [6.45, 7) is 3.25. The highest BCUT2D eigenvalue weighted by Gasteiger charge is 2.19. The molecule has 3 heteroatoms. The topological polar surface area (TPSA) is 41.5 Å². The molecular weight excluding hydrogens is 130 g/mol. The molecule has 3 nitrogen and oxygen atoms in total. The molecule has 0 aromatic rings. The monoisotopic (exact) mass is 145 g/mol. The fourth-order valence-corrected chi connectivity index (χ4v) is 1.12. The molecule has 2 unspecified atom stereocenters. The number of hydrogen-bond donors (Lipinski definition) is 2. The van der Waals surface area contributed by atoms with E-state index in [9.17, 15) is 0 Å². The van der Waals surface area contributed by atoms with Crippen LogP contribution in [-0.2, 0) is 4.74 Å². The average molecular weight is 145 g/mol. The third-order valence-electron chi connectivity index (χ3n) is 1.65. The zero-order valence-corrected chi connectivity index (χ0v) is 6.34. The molecule has 1 aliphatic heterocycles. The summed E-state index contributed by atoms with van der Waals surface area (Å²) >= 11 is 0. The van der Waals surface area contributed by atoms with Crippen LogP contribution in [-0.4, -0.2) is 30.6 Å². The molecule has 2 atom stereocenters. The highest BCUT2D eigenvalue weighted by molar-refractivity contribution is 4.69. The summed E-state index contributed by atoms with van der Waals surface area (Å²) in [4.78, 5) is 0. The van der Waals surface area contributed by atoms with Gasteiger partial charge in [-0.25, -0.2) is 0 Å². The lowest BCUT2D eigenvalue weighted by atomic mass is 10.3. The Morgan fingerprint density at radius 1 is 1.70 bits per heavy atom. The quantitative estimate of drug-likeness (QED) is 0.591. The molecule has 2 N–H and O–H groups in total. The predicted octanol–water partition coefficient (Wildman–Crippen LogP) is 0.0933. The summed E-state index contributed by atoms with van der Waals surface area (Å²) in [6, 6.07) is 0. The number of aliphatic hydroxyl groups excluding tert-OH is 1. The third-order valence-corrected chi connectivity index (χ3v) is 1.65. The van der Waals surface area contributed by atoms with E-state index in [4.69, 9.17) is 9.84 Å². The highest BCUT2D eigenvalue weighted by atomic mass is 16.5. The van der Waals surface area contributed by atoms with Crippen molar-refractivity contribution >= 4 is 0 Å². The van der Waals surface area contributed by atoms with Crippen molar-refractivity contribution in [1.82, 2.24) is 5.32 Å². The molecule has 0 saturated carbocycles. The molecule has 1 fully saturated rings. The van der Waals surface area contributed by atoms with E-state index in [1.807, 2.05) is 6.92 Å². The number of aliphatic hydroxyl groups is 1. The van der Waals surface area contributed by atoms with Crippen LogP contribution in [0.4, 0.5) is 0 Å². The van der Waals surface area contributed by atoms with Crippen molar-refractivity contribution < 1.29 is 9.84 Å². The van der Waals surface area contributed by atoms with Gasteiger partial charge in [0.25, 0.3) is 0 Å². The van der Waals surface area contributed by atoms with Gasteiger partial charge in [0.05, 0.1) is 6.10 Å². The maximum absolute atomic E-state index is 8.51. The third kappa shape index (κ3) is 2.25. The van der Waals surface area contributed by atoms with E-state index in [2.05, 4.69) is 5.32 Å². The molecule has 1 aliphatic rings. The van der Waals surface area contributed by atoms with Crippen LogP contribution in [0, 0.1) is 0 Å². The second kappa shape index (κ2) is 3.91. The van der Waals surface area contributed by atoms with Crippen molar-refractivity contribution in [3.63, 3.8) is 0 Å². The van der Waals surface area contributed by atoms with Crippen LogP contribution in [0.3, 0.4) is 0 Å². The van der Waals surface area contributed by atoms with E-state index < -0.39 is 0 Å². The van der Waals surface area contributed by atoms with Crippen LogP contribution in [0.25, 0.3) is 0 Å². The Labute approximate surface area is 61.4 Å². The van der Waals surface area contributed by atoms with Gasteiger partial charge in [0.15, 0.2) is 0 Å². The molecule has 0 bridgehead atoms. The number of nitrogens with one attached hydrogen (secondary N) is 1. The molecule has 0 radical (unpaired) electrons. The van der Waals surface area contributed by atoms with Crippen LogP contribution in [0.5, 0.6) is 0 Å². The Balaban J connectivity index is 2.06. The molecular formula is C7H15NO2. The Morgan fingerprint density at radius 2 is 2.50 bits per heavy atom. The zero-order valence-electron chi connectivity index (χ0n) is 6.34. The van der Waals surface area contributed by atoms with Crippen molar-refractivity contribution in [3.05, 3.63) is 0 Å². The van der Waals surface area contributed by atoms with Gasteiger partial charge in [-0.2, -0.15) is 0 Å². The van der Waals surface area contributed by atoms with Crippen LogP contribution in [0.2, 0.25) is 0 Å². The van der Waals surface area contributed by atoms with Gasteiger partial charge >= 0.3 is 0 Å². The molecule has 0 aromatic heterocycles. The molecule has 0 aliphatic carbocycles. The maximum Gasteiger partial charge on any atom is 0.108 e. The van der Waals surface area contributed by atoms with Crippen LogP contribution >= 0.6 is 0 Å². The minimum absolute atomic E-state index is 0.183. The summed E-state index contributed by atoms with van der Waals surface area (Å²) in [5.41, 5.74) is 0. The first-order valence-electron chi connectivity index (χ1n) is 3.82. The lowest BCUT2D eigenvalue weighted by Crippen LogP contribution is -2.22. The van der Waals surface area contributed by atoms with Gasteiger partial charge in [-0.05, 0) is 19.8 Å². The lowest BCUT2D eigenvalue weighted by Gasteiger charge is -2.08. The molecule has 0 aromatic carbocycles. The fourth-order valence-electron chi connectivity index (χ4n) is 1.12. The minimum Gasteiger partial charge on any atom is -0.396 e. The molecule has 0 amide bonds. The van der Waals surface area contributed by atoms with Crippen molar-refractivity contribution in [2.45, 2.75) is 32.1 Å². The SMILES string of the molecule is CC1CNC(CCCO)O1. The zero-order chi connectivity index (χ0) is 7.40. The average Bonchev–Trinajstić information content (AvgIpc) is 2.31. The van der Waals surface area contributed by atoms with Gasteiger partial charge in [-0.3, -0.25) is 5.32 Å². The lowest BCUT2D eigenvalue weighted by molar-refractivity contribution is 0.0420. The summed E-state index contributed by atoms with van der Waals surface area (Å²) < 4.78 is 5.44. The Hall–Kier alpha value is -0.120. The Kier molecular flexibility index (Phi) is 3.12. The summed E-state index contributed by atoms with van der Waals surface area (Å²) in [6.07, 6.45) is 2.26. The summed E-state index contributed by atoms with van der Waals surface area (Å²) in [7, 11) is 0. The molecule has 1 heterocycles. The number of hydrogen-bond acceptors (Lipinski definition) is 3. The molecule has 10 heavy (non-hydrogen) atoms. The van der Waals surface area contributed by atoms with Crippen LogP contribution in [0.15, 0.2) is 0 Å². The van der Waals surface area contributed by atoms with Gasteiger partial charge < -0.3 is 9.84 Å². The van der Waals surface area contributed by atoms with E-state index in [1.165, 1.54) is 0 Å². The van der Waals surface area contributed by atoms with Crippen molar-refractivity contribution in [1.29, 1.82) is 0 Å². The van der Waals surface area contributed by atoms with Crippen LogP contribution < -0.4 is 5.32 Å². The highest BCUT2D eigenvalue weighted by Crippen LogP contribution is 2.08. The first-order valence-corrected chi connectivity index (χ1v) is 3.82. The van der Waals surface area contributed by atoms with Gasteiger partial charge in [0, 0.05) is 13.2 Å². The fraction of sp³-hybridized carbons (Fsp3) is 1.00. The molecule has 1 saturated heterocycles. The van der Waals surface area contributed by atoms with Gasteiger partial charge in [0.2, 0.25) is 0 Å². The first-order chi connectivity index (χ1) is 4.83. The minimum atomic E-state index is 0.183. The predicted molar refractivity (Wildman–Crippen MR) is 38.7 cm³/mol. The van der Waals surface area contributed by atoms with Gasteiger partial charge in [0.1, 0.15) is 6.23 Å². The Morgan fingerprint density at radius 3 is 3.00 bits per heavy atom. The van der Waals surface area contributed by atoms with E-state index in [-0.39, 0.29) is 12.8 Å². The van der Waals surface area contributed by atoms with E-state index >= 15 is 0 Å². The normalized spacial score (nSPS) is 33.0. The van der Waals surface area contributed by atoms with Crippen molar-refractivity contribution in [2.24, 2.45) is 0 Å². The van der Waals surface area contributed by atoms with Crippen molar-refractivity contribution in [2.75, 3.05) is 13.2 Å².